The zero-order valence-electron chi connectivity index (χ0n) is 16.0. The molecule has 1 aromatic rings. The molecule has 0 heterocycles. The van der Waals surface area contributed by atoms with Gasteiger partial charge in [-0.25, -0.2) is 4.79 Å². The second-order valence-corrected chi connectivity index (χ2v) is 7.17. The quantitative estimate of drug-likeness (QED) is 0.382. The van der Waals surface area contributed by atoms with Crippen molar-refractivity contribution in [3.63, 3.8) is 0 Å². The van der Waals surface area contributed by atoms with Gasteiger partial charge in [0, 0.05) is 12.5 Å². The number of benzene rings is 1. The fourth-order valence-electron chi connectivity index (χ4n) is 2.44. The van der Waals surface area contributed by atoms with E-state index < -0.39 is 17.5 Å². The highest BCUT2D eigenvalue weighted by atomic mass is 16.6. The predicted octanol–water partition coefficient (Wildman–Crippen LogP) is 3.66. The van der Waals surface area contributed by atoms with Crippen LogP contribution in [0, 0.1) is 5.92 Å². The number of ketones is 1. The number of carbonyl (C=O) groups is 3. The first-order chi connectivity index (χ1) is 12.2. The maximum atomic E-state index is 12.1. The lowest BCUT2D eigenvalue weighted by Crippen LogP contribution is -2.25. The molecule has 0 spiro atoms. The Bertz CT molecular complexity index is 626. The van der Waals surface area contributed by atoms with Gasteiger partial charge in [0.1, 0.15) is 17.8 Å². The van der Waals surface area contributed by atoms with Gasteiger partial charge in [-0.15, -0.1) is 0 Å². The first-order valence-corrected chi connectivity index (χ1v) is 8.73. The largest absolute Gasteiger partial charge is 0.466 e. The van der Waals surface area contributed by atoms with Crippen molar-refractivity contribution in [1.82, 2.24) is 0 Å². The summed E-state index contributed by atoms with van der Waals surface area (Å²) in [7, 11) is 1.32. The number of hydrogen-bond acceptors (Lipinski definition) is 5. The van der Waals surface area contributed by atoms with Gasteiger partial charge >= 0.3 is 11.9 Å². The molecule has 0 amide bonds. The van der Waals surface area contributed by atoms with Gasteiger partial charge in [0.25, 0.3) is 0 Å². The van der Waals surface area contributed by atoms with Crippen LogP contribution >= 0.6 is 0 Å². The summed E-state index contributed by atoms with van der Waals surface area (Å²) in [4.78, 5) is 35.2. The average Bonchev–Trinajstić information content (AvgIpc) is 2.56. The molecule has 0 aromatic heterocycles. The third kappa shape index (κ3) is 9.77. The fraction of sp³-hybridized carbons (Fsp3) is 0.476. The molecular formula is C21H28O5. The maximum Gasteiger partial charge on any atom is 0.330 e. The Morgan fingerprint density at radius 3 is 2.35 bits per heavy atom. The Hall–Kier alpha value is -2.43. The lowest BCUT2D eigenvalue weighted by molar-refractivity contribution is -0.156. The van der Waals surface area contributed by atoms with Crippen molar-refractivity contribution in [3.05, 3.63) is 48.0 Å². The molecule has 1 atom stereocenters. The Labute approximate surface area is 155 Å². The summed E-state index contributed by atoms with van der Waals surface area (Å²) < 4.78 is 9.79. The Morgan fingerprint density at radius 2 is 1.77 bits per heavy atom. The van der Waals surface area contributed by atoms with Gasteiger partial charge in [0.15, 0.2) is 0 Å². The molecule has 1 rings (SSSR count). The summed E-state index contributed by atoms with van der Waals surface area (Å²) >= 11 is 0. The summed E-state index contributed by atoms with van der Waals surface area (Å²) in [5.41, 5.74) is 0.516. The average molecular weight is 360 g/mol. The molecule has 0 unspecified atom stereocenters. The third-order valence-electron chi connectivity index (χ3n) is 3.60. The van der Waals surface area contributed by atoms with Gasteiger partial charge in [-0.1, -0.05) is 36.4 Å². The first-order valence-electron chi connectivity index (χ1n) is 8.73. The highest BCUT2D eigenvalue weighted by molar-refractivity contribution is 5.95. The molecule has 0 radical (unpaired) electrons. The van der Waals surface area contributed by atoms with Crippen LogP contribution in [0.5, 0.6) is 0 Å². The van der Waals surface area contributed by atoms with Gasteiger partial charge in [-0.05, 0) is 45.1 Å². The summed E-state index contributed by atoms with van der Waals surface area (Å²) in [6.07, 6.45) is 4.42. The molecule has 0 aliphatic heterocycles. The number of esters is 2. The maximum absolute atomic E-state index is 12.1. The van der Waals surface area contributed by atoms with Gasteiger partial charge in [0.2, 0.25) is 0 Å². The standard InChI is InChI=1S/C21H28O5/c1-21(2,3)26-20(24)15-18(22)12-10-17(11-13-19(23)25-4)14-16-8-6-5-7-9-16/h5-9,11,13,17H,10,12,14-15H2,1-4H3/b13-11+/t17-/m0/s1. The van der Waals surface area contributed by atoms with Gasteiger partial charge < -0.3 is 9.47 Å². The number of rotatable bonds is 9. The van der Waals surface area contributed by atoms with E-state index in [9.17, 15) is 14.4 Å². The van der Waals surface area contributed by atoms with Gasteiger partial charge in [-0.3, -0.25) is 9.59 Å². The Kier molecular flexibility index (Phi) is 8.76. The third-order valence-corrected chi connectivity index (χ3v) is 3.60. The normalized spacial score (nSPS) is 12.6. The minimum Gasteiger partial charge on any atom is -0.466 e. The molecule has 5 heteroatoms. The van der Waals surface area contributed by atoms with Gasteiger partial charge in [0.05, 0.1) is 7.11 Å². The molecule has 1 aromatic carbocycles. The van der Waals surface area contributed by atoms with Crippen molar-refractivity contribution < 1.29 is 23.9 Å². The van der Waals surface area contributed by atoms with Crippen LogP contribution in [0.2, 0.25) is 0 Å². The molecule has 0 fully saturated rings. The van der Waals surface area contributed by atoms with E-state index in [1.165, 1.54) is 13.2 Å². The molecule has 26 heavy (non-hydrogen) atoms. The molecule has 0 aliphatic rings. The van der Waals surface area contributed by atoms with Crippen LogP contribution in [0.3, 0.4) is 0 Å². The highest BCUT2D eigenvalue weighted by Crippen LogP contribution is 2.17. The molecule has 0 N–H and O–H groups in total. The Morgan fingerprint density at radius 1 is 1.12 bits per heavy atom. The lowest BCUT2D eigenvalue weighted by atomic mass is 9.93. The molecule has 0 saturated carbocycles. The van der Waals surface area contributed by atoms with Crippen LogP contribution in [0.25, 0.3) is 0 Å². The molecule has 0 saturated heterocycles. The molecule has 0 aliphatic carbocycles. The van der Waals surface area contributed by atoms with Crippen molar-refractivity contribution in [2.45, 2.75) is 52.1 Å². The molecule has 5 nitrogen and oxygen atoms in total. The summed E-state index contributed by atoms with van der Waals surface area (Å²) in [6, 6.07) is 9.84. The van der Waals surface area contributed by atoms with Crippen molar-refractivity contribution in [2.24, 2.45) is 5.92 Å². The summed E-state index contributed by atoms with van der Waals surface area (Å²) in [5, 5.41) is 0. The second-order valence-electron chi connectivity index (χ2n) is 7.17. The number of hydrogen-bond donors (Lipinski definition) is 0. The monoisotopic (exact) mass is 360 g/mol. The number of Topliss-reactive ketones (excluding diaryl/α,β-unsaturated/α-hetero) is 1. The Balaban J connectivity index is 2.61. The van der Waals surface area contributed by atoms with Crippen LogP contribution < -0.4 is 0 Å². The van der Waals surface area contributed by atoms with E-state index in [1.54, 1.807) is 26.8 Å². The van der Waals surface area contributed by atoms with Crippen LogP contribution in [-0.2, 0) is 30.3 Å². The highest BCUT2D eigenvalue weighted by Gasteiger charge is 2.19. The van der Waals surface area contributed by atoms with Crippen molar-refractivity contribution in [1.29, 1.82) is 0 Å². The van der Waals surface area contributed by atoms with E-state index in [2.05, 4.69) is 4.74 Å². The number of allylic oxidation sites excluding steroid dienone is 1. The van der Waals surface area contributed by atoms with E-state index >= 15 is 0 Å². The predicted molar refractivity (Wildman–Crippen MR) is 99.5 cm³/mol. The number of ether oxygens (including phenoxy) is 2. The SMILES string of the molecule is COC(=O)/C=C/[C@H](CCC(=O)CC(=O)OC(C)(C)C)Cc1ccccc1. The van der Waals surface area contributed by atoms with Gasteiger partial charge in [-0.2, -0.15) is 0 Å². The van der Waals surface area contributed by atoms with Crippen LogP contribution in [-0.4, -0.2) is 30.4 Å². The topological polar surface area (TPSA) is 69.7 Å². The minimum atomic E-state index is -0.601. The molecule has 142 valence electrons. The number of methoxy groups -OCH3 is 1. The first kappa shape index (κ1) is 21.6. The number of carbonyl (C=O) groups excluding carboxylic acids is 3. The van der Waals surface area contributed by atoms with E-state index in [-0.39, 0.29) is 24.5 Å². The zero-order chi connectivity index (χ0) is 19.6. The minimum absolute atomic E-state index is 0.000846. The zero-order valence-corrected chi connectivity index (χ0v) is 16.0. The van der Waals surface area contributed by atoms with Crippen LogP contribution in [0.4, 0.5) is 0 Å². The molecule has 0 bridgehead atoms. The van der Waals surface area contributed by atoms with E-state index in [0.717, 1.165) is 5.56 Å². The van der Waals surface area contributed by atoms with Crippen molar-refractivity contribution >= 4 is 17.7 Å². The molecular weight excluding hydrogens is 332 g/mol. The van der Waals surface area contributed by atoms with Crippen molar-refractivity contribution in [2.75, 3.05) is 7.11 Å². The fourth-order valence-corrected chi connectivity index (χ4v) is 2.44. The smallest absolute Gasteiger partial charge is 0.330 e. The van der Waals surface area contributed by atoms with Crippen molar-refractivity contribution in [3.8, 4) is 0 Å². The van der Waals surface area contributed by atoms with Crippen LogP contribution in [0.15, 0.2) is 42.5 Å². The van der Waals surface area contributed by atoms with E-state index in [0.29, 0.717) is 12.8 Å². The summed E-state index contributed by atoms with van der Waals surface area (Å²) in [6.45, 7) is 5.30. The second kappa shape index (κ2) is 10.5. The summed E-state index contributed by atoms with van der Waals surface area (Å²) in [5.74, 6) is -1.10. The van der Waals surface area contributed by atoms with E-state index in [4.69, 9.17) is 4.74 Å². The van der Waals surface area contributed by atoms with E-state index in [1.807, 2.05) is 30.3 Å². The van der Waals surface area contributed by atoms with Crippen LogP contribution in [0.1, 0.15) is 45.6 Å². The lowest BCUT2D eigenvalue weighted by Gasteiger charge is -2.19.